The molecular weight excluding hydrogens is 394 g/mol. The Bertz CT molecular complexity index is 1010. The van der Waals surface area contributed by atoms with Crippen LogP contribution in [-0.4, -0.2) is 47.4 Å². The molecule has 0 saturated heterocycles. The molecule has 9 nitrogen and oxygen atoms in total. The Kier molecular flexibility index (Phi) is 5.34. The average molecular weight is 415 g/mol. The third-order valence-electron chi connectivity index (χ3n) is 4.86. The summed E-state index contributed by atoms with van der Waals surface area (Å²) in [4.78, 5) is 14.5. The number of ether oxygens (including phenoxy) is 3. The highest BCUT2D eigenvalue weighted by Crippen LogP contribution is 2.41. The van der Waals surface area contributed by atoms with Crippen molar-refractivity contribution in [2.24, 2.45) is 0 Å². The fourth-order valence-electron chi connectivity index (χ4n) is 3.55. The number of aryl methyl sites for hydroxylation is 1. The van der Waals surface area contributed by atoms with Crippen LogP contribution in [0, 0.1) is 0 Å². The predicted molar refractivity (Wildman–Crippen MR) is 108 cm³/mol. The van der Waals surface area contributed by atoms with Gasteiger partial charge in [0, 0.05) is 22.7 Å². The molecule has 10 heteroatoms. The molecule has 0 bridgehead atoms. The van der Waals surface area contributed by atoms with Gasteiger partial charge in [0.15, 0.2) is 11.5 Å². The minimum atomic E-state index is -0.218. The van der Waals surface area contributed by atoms with Crippen LogP contribution in [0.15, 0.2) is 18.5 Å². The number of tetrazole rings is 1. The number of fused-ring (bicyclic) bond motifs is 1. The molecule has 0 aliphatic heterocycles. The van der Waals surface area contributed by atoms with E-state index < -0.39 is 0 Å². The van der Waals surface area contributed by atoms with Crippen LogP contribution in [0.4, 0.5) is 5.69 Å². The van der Waals surface area contributed by atoms with Crippen LogP contribution in [0.1, 0.15) is 33.6 Å². The Morgan fingerprint density at radius 2 is 1.83 bits per heavy atom. The molecular formula is C19H21N5O4S. The van der Waals surface area contributed by atoms with Crippen LogP contribution in [0.25, 0.3) is 5.00 Å². The Morgan fingerprint density at radius 1 is 1.10 bits per heavy atom. The number of nitrogens with zero attached hydrogens (tertiary/aromatic N) is 4. The summed E-state index contributed by atoms with van der Waals surface area (Å²) in [6, 6.07) is 3.41. The van der Waals surface area contributed by atoms with Crippen molar-refractivity contribution in [2.45, 2.75) is 25.7 Å². The van der Waals surface area contributed by atoms with Gasteiger partial charge in [-0.15, -0.1) is 16.4 Å². The quantitative estimate of drug-likeness (QED) is 0.661. The molecule has 0 spiro atoms. The number of nitrogens with one attached hydrogen (secondary N) is 1. The Morgan fingerprint density at radius 3 is 2.45 bits per heavy atom. The molecule has 152 valence electrons. The summed E-state index contributed by atoms with van der Waals surface area (Å²) < 4.78 is 17.7. The molecule has 0 fully saturated rings. The van der Waals surface area contributed by atoms with E-state index in [9.17, 15) is 4.79 Å². The van der Waals surface area contributed by atoms with Crippen LogP contribution < -0.4 is 19.5 Å². The first-order chi connectivity index (χ1) is 14.2. The minimum absolute atomic E-state index is 0.218. The van der Waals surface area contributed by atoms with Crippen LogP contribution >= 0.6 is 11.3 Å². The molecule has 0 atom stereocenters. The molecule has 1 aliphatic carbocycles. The van der Waals surface area contributed by atoms with Crippen LogP contribution in [0.5, 0.6) is 17.2 Å². The molecule has 0 unspecified atom stereocenters. The predicted octanol–water partition coefficient (Wildman–Crippen LogP) is 2.88. The smallest absolute Gasteiger partial charge is 0.259 e. The molecule has 1 amide bonds. The topological polar surface area (TPSA) is 100 Å². The number of aromatic nitrogens is 4. The number of hydrogen-bond donors (Lipinski definition) is 1. The first-order valence-corrected chi connectivity index (χ1v) is 9.97. The number of carbonyl (C=O) groups is 1. The van der Waals surface area contributed by atoms with E-state index in [2.05, 4.69) is 20.8 Å². The second kappa shape index (κ2) is 8.08. The summed E-state index contributed by atoms with van der Waals surface area (Å²) >= 11 is 1.57. The van der Waals surface area contributed by atoms with Crippen LogP contribution in [0.2, 0.25) is 0 Å². The Balaban J connectivity index is 1.73. The van der Waals surface area contributed by atoms with Crippen molar-refractivity contribution in [1.82, 2.24) is 20.2 Å². The summed E-state index contributed by atoms with van der Waals surface area (Å²) in [5.74, 6) is 1.19. The van der Waals surface area contributed by atoms with Crippen molar-refractivity contribution in [2.75, 3.05) is 26.6 Å². The molecule has 1 aromatic carbocycles. The van der Waals surface area contributed by atoms with E-state index in [0.717, 1.165) is 36.2 Å². The van der Waals surface area contributed by atoms with Gasteiger partial charge < -0.3 is 19.5 Å². The molecule has 2 heterocycles. The third kappa shape index (κ3) is 3.51. The number of thiophene rings is 1. The van der Waals surface area contributed by atoms with Crippen molar-refractivity contribution in [3.63, 3.8) is 0 Å². The van der Waals surface area contributed by atoms with Crippen molar-refractivity contribution in [3.8, 4) is 22.2 Å². The van der Waals surface area contributed by atoms with E-state index in [4.69, 9.17) is 14.2 Å². The maximum atomic E-state index is 13.3. The van der Waals surface area contributed by atoms with E-state index in [1.165, 1.54) is 32.5 Å². The van der Waals surface area contributed by atoms with E-state index in [-0.39, 0.29) is 5.91 Å². The van der Waals surface area contributed by atoms with Gasteiger partial charge in [-0.05, 0) is 41.7 Å². The highest BCUT2D eigenvalue weighted by Gasteiger charge is 2.27. The summed E-state index contributed by atoms with van der Waals surface area (Å²) in [5, 5.41) is 15.1. The number of benzene rings is 1. The van der Waals surface area contributed by atoms with E-state index in [1.54, 1.807) is 28.2 Å². The SMILES string of the molecule is COc1cc(NC(=O)c2c(-n3cnnn3)sc3c2CCCC3)cc(OC)c1OC. The maximum absolute atomic E-state index is 13.3. The highest BCUT2D eigenvalue weighted by molar-refractivity contribution is 7.15. The lowest BCUT2D eigenvalue weighted by Gasteiger charge is -2.16. The zero-order valence-corrected chi connectivity index (χ0v) is 17.2. The zero-order chi connectivity index (χ0) is 20.4. The number of amides is 1. The monoisotopic (exact) mass is 415 g/mol. The number of methoxy groups -OCH3 is 3. The zero-order valence-electron chi connectivity index (χ0n) is 16.4. The van der Waals surface area contributed by atoms with Gasteiger partial charge in [-0.1, -0.05) is 0 Å². The summed E-state index contributed by atoms with van der Waals surface area (Å²) in [7, 11) is 4.61. The van der Waals surface area contributed by atoms with Gasteiger partial charge in [-0.2, -0.15) is 4.68 Å². The van der Waals surface area contributed by atoms with Crippen molar-refractivity contribution in [3.05, 3.63) is 34.5 Å². The Hall–Kier alpha value is -3.14. The number of carbonyl (C=O) groups excluding carboxylic acids is 1. The normalized spacial score (nSPS) is 12.9. The molecule has 3 aromatic rings. The average Bonchev–Trinajstić information content (AvgIpc) is 3.40. The second-order valence-corrected chi connectivity index (χ2v) is 7.60. The molecule has 1 aliphatic rings. The molecule has 0 saturated carbocycles. The second-order valence-electron chi connectivity index (χ2n) is 6.51. The fourth-order valence-corrected chi connectivity index (χ4v) is 4.85. The summed E-state index contributed by atoms with van der Waals surface area (Å²) in [6.45, 7) is 0. The van der Waals surface area contributed by atoms with Crippen LogP contribution in [-0.2, 0) is 12.8 Å². The van der Waals surface area contributed by atoms with Gasteiger partial charge in [0.2, 0.25) is 5.75 Å². The van der Waals surface area contributed by atoms with Gasteiger partial charge in [0.1, 0.15) is 11.3 Å². The van der Waals surface area contributed by atoms with Crippen LogP contribution in [0.3, 0.4) is 0 Å². The highest BCUT2D eigenvalue weighted by atomic mass is 32.1. The minimum Gasteiger partial charge on any atom is -0.493 e. The van der Waals surface area contributed by atoms with Crippen molar-refractivity contribution < 1.29 is 19.0 Å². The largest absolute Gasteiger partial charge is 0.493 e. The number of hydrogen-bond acceptors (Lipinski definition) is 8. The molecule has 4 rings (SSSR count). The van der Waals surface area contributed by atoms with Gasteiger partial charge in [0.05, 0.1) is 26.9 Å². The summed E-state index contributed by atoms with van der Waals surface area (Å²) in [6.07, 6.45) is 5.52. The van der Waals surface area contributed by atoms with E-state index in [0.29, 0.717) is 28.5 Å². The Labute approximate surface area is 171 Å². The van der Waals surface area contributed by atoms with Crippen molar-refractivity contribution >= 4 is 22.9 Å². The van der Waals surface area contributed by atoms with E-state index in [1.807, 2.05) is 0 Å². The first-order valence-electron chi connectivity index (χ1n) is 9.15. The molecule has 0 radical (unpaired) electrons. The van der Waals surface area contributed by atoms with Gasteiger partial charge in [-0.3, -0.25) is 4.79 Å². The lowest BCUT2D eigenvalue weighted by Crippen LogP contribution is -2.17. The maximum Gasteiger partial charge on any atom is 0.259 e. The number of anilines is 1. The number of rotatable bonds is 6. The summed E-state index contributed by atoms with van der Waals surface area (Å²) in [5.41, 5.74) is 2.24. The lowest BCUT2D eigenvalue weighted by molar-refractivity contribution is 0.102. The van der Waals surface area contributed by atoms with Gasteiger partial charge in [-0.25, -0.2) is 0 Å². The van der Waals surface area contributed by atoms with Crippen molar-refractivity contribution in [1.29, 1.82) is 0 Å². The van der Waals surface area contributed by atoms with E-state index >= 15 is 0 Å². The molecule has 29 heavy (non-hydrogen) atoms. The third-order valence-corrected chi connectivity index (χ3v) is 6.14. The van der Waals surface area contributed by atoms with Gasteiger partial charge in [0.25, 0.3) is 5.91 Å². The lowest BCUT2D eigenvalue weighted by atomic mass is 9.95. The fraction of sp³-hybridized carbons (Fsp3) is 0.368. The first kappa shape index (κ1) is 19.2. The standard InChI is InChI=1S/C19H21N5O4S/c1-26-13-8-11(9-14(27-2)17(13)28-3)21-18(25)16-12-6-4-5-7-15(12)29-19(16)24-10-20-22-23-24/h8-10H,4-7H2,1-3H3,(H,21,25). The molecule has 2 aromatic heterocycles. The van der Waals surface area contributed by atoms with Gasteiger partial charge >= 0.3 is 0 Å². The molecule has 1 N–H and O–H groups in total.